The molecule has 0 aromatic heterocycles. The average Bonchev–Trinajstić information content (AvgIpc) is 2.34. The van der Waals surface area contributed by atoms with Gasteiger partial charge < -0.3 is 14.7 Å². The molecule has 4 heteroatoms. The van der Waals surface area contributed by atoms with Crippen LogP contribution in [0.5, 0.6) is 5.75 Å². The third-order valence-electron chi connectivity index (χ3n) is 2.44. The number of ether oxygens (including phenoxy) is 1. The van der Waals surface area contributed by atoms with Crippen molar-refractivity contribution in [2.75, 3.05) is 20.2 Å². The quantitative estimate of drug-likeness (QED) is 0.800. The van der Waals surface area contributed by atoms with Crippen molar-refractivity contribution in [1.82, 2.24) is 4.90 Å². The van der Waals surface area contributed by atoms with E-state index in [4.69, 9.17) is 4.74 Å². The smallest absolute Gasteiger partial charge is 0.253 e. The van der Waals surface area contributed by atoms with Crippen LogP contribution in [0.25, 0.3) is 0 Å². The molecule has 1 aromatic rings. The highest BCUT2D eigenvalue weighted by Crippen LogP contribution is 2.14. The molecule has 1 aromatic carbocycles. The lowest BCUT2D eigenvalue weighted by Gasteiger charge is -2.25. The first-order valence-corrected chi connectivity index (χ1v) is 6.15. The fourth-order valence-corrected chi connectivity index (χ4v) is 1.72. The first-order valence-electron chi connectivity index (χ1n) is 6.15. The molecule has 0 aliphatic carbocycles. The van der Waals surface area contributed by atoms with Crippen LogP contribution in [-0.4, -0.2) is 41.7 Å². The minimum atomic E-state index is -0.905. The summed E-state index contributed by atoms with van der Waals surface area (Å²) in [6.07, 6.45) is 1.66. The second-order valence-corrected chi connectivity index (χ2v) is 5.10. The molecule has 1 N–H and O–H groups in total. The predicted molar refractivity (Wildman–Crippen MR) is 75.4 cm³/mol. The van der Waals surface area contributed by atoms with E-state index in [0.717, 1.165) is 0 Å². The molecule has 4 nitrogen and oxygen atoms in total. The van der Waals surface area contributed by atoms with Crippen molar-refractivity contribution in [2.45, 2.75) is 19.4 Å². The van der Waals surface area contributed by atoms with E-state index in [1.165, 1.54) is 4.90 Å². The number of carbonyl (C=O) groups excluding carboxylic acids is 1. The number of amides is 1. The van der Waals surface area contributed by atoms with E-state index in [0.29, 0.717) is 17.9 Å². The largest absolute Gasteiger partial charge is 0.490 e. The maximum Gasteiger partial charge on any atom is 0.253 e. The number of aliphatic hydroxyl groups is 1. The van der Waals surface area contributed by atoms with Crippen LogP contribution < -0.4 is 4.74 Å². The van der Waals surface area contributed by atoms with Crippen molar-refractivity contribution in [3.8, 4) is 5.75 Å². The Bertz CT molecular complexity index is 432. The molecule has 1 amide bonds. The maximum atomic E-state index is 12.1. The highest BCUT2D eigenvalue weighted by Gasteiger charge is 2.20. The van der Waals surface area contributed by atoms with Crippen molar-refractivity contribution < 1.29 is 14.6 Å². The molecule has 0 radical (unpaired) electrons. The molecule has 0 aliphatic rings. The molecule has 0 spiro atoms. The summed E-state index contributed by atoms with van der Waals surface area (Å²) in [7, 11) is 1.67. The van der Waals surface area contributed by atoms with E-state index in [2.05, 4.69) is 6.58 Å². The van der Waals surface area contributed by atoms with Crippen molar-refractivity contribution in [3.63, 3.8) is 0 Å². The fraction of sp³-hybridized carbons (Fsp3) is 0.400. The Morgan fingerprint density at radius 1 is 1.42 bits per heavy atom. The Hall–Kier alpha value is -1.81. The van der Waals surface area contributed by atoms with Gasteiger partial charge in [-0.3, -0.25) is 4.79 Å². The van der Waals surface area contributed by atoms with Gasteiger partial charge in [-0.15, -0.1) is 0 Å². The number of hydrogen-bond donors (Lipinski definition) is 1. The standard InChI is InChI=1S/C15H21NO3/c1-5-10-19-13-8-6-12(7-9-13)14(17)16(4)11-15(2,3)18/h5-9,18H,1,10-11H2,2-4H3. The van der Waals surface area contributed by atoms with Crippen LogP contribution in [0.1, 0.15) is 24.2 Å². The summed E-state index contributed by atoms with van der Waals surface area (Å²) in [6.45, 7) is 7.62. The normalized spacial score (nSPS) is 10.9. The van der Waals surface area contributed by atoms with Gasteiger partial charge in [0.1, 0.15) is 12.4 Å². The Morgan fingerprint density at radius 2 is 2.00 bits per heavy atom. The number of likely N-dealkylation sites (N-methyl/N-ethyl adjacent to an activating group) is 1. The average molecular weight is 263 g/mol. The number of benzene rings is 1. The molecule has 0 heterocycles. The lowest BCUT2D eigenvalue weighted by Crippen LogP contribution is -2.39. The third-order valence-corrected chi connectivity index (χ3v) is 2.44. The van der Waals surface area contributed by atoms with Gasteiger partial charge in [0.15, 0.2) is 0 Å². The monoisotopic (exact) mass is 263 g/mol. The van der Waals surface area contributed by atoms with E-state index < -0.39 is 5.60 Å². The van der Waals surface area contributed by atoms with Crippen molar-refractivity contribution in [1.29, 1.82) is 0 Å². The van der Waals surface area contributed by atoms with Gasteiger partial charge in [-0.25, -0.2) is 0 Å². The van der Waals surface area contributed by atoms with Crippen molar-refractivity contribution in [2.24, 2.45) is 0 Å². The summed E-state index contributed by atoms with van der Waals surface area (Å²) in [4.78, 5) is 13.6. The molecule has 1 rings (SSSR count). The van der Waals surface area contributed by atoms with Crippen molar-refractivity contribution in [3.05, 3.63) is 42.5 Å². The molecule has 0 bridgehead atoms. The van der Waals surface area contributed by atoms with Gasteiger partial charge in [0.25, 0.3) is 5.91 Å². The van der Waals surface area contributed by atoms with Gasteiger partial charge in [-0.1, -0.05) is 12.7 Å². The third kappa shape index (κ3) is 5.14. The second kappa shape index (κ2) is 6.38. The highest BCUT2D eigenvalue weighted by atomic mass is 16.5. The maximum absolute atomic E-state index is 12.1. The van der Waals surface area contributed by atoms with Gasteiger partial charge in [-0.05, 0) is 38.1 Å². The summed E-state index contributed by atoms with van der Waals surface area (Å²) in [5.74, 6) is 0.569. The number of carbonyl (C=O) groups is 1. The minimum absolute atomic E-state index is 0.127. The van der Waals surface area contributed by atoms with Gasteiger partial charge >= 0.3 is 0 Å². The lowest BCUT2D eigenvalue weighted by molar-refractivity contribution is 0.0368. The Morgan fingerprint density at radius 3 is 2.47 bits per heavy atom. The summed E-state index contributed by atoms with van der Waals surface area (Å²) in [6, 6.07) is 6.91. The molecule has 0 fully saturated rings. The summed E-state index contributed by atoms with van der Waals surface area (Å²) < 4.78 is 5.35. The minimum Gasteiger partial charge on any atom is -0.490 e. The number of hydrogen-bond acceptors (Lipinski definition) is 3. The Kier molecular flexibility index (Phi) is 5.12. The predicted octanol–water partition coefficient (Wildman–Crippen LogP) is 2.09. The van der Waals surface area contributed by atoms with Gasteiger partial charge in [-0.2, -0.15) is 0 Å². The van der Waals surface area contributed by atoms with Gasteiger partial charge in [0, 0.05) is 19.2 Å². The molecule has 19 heavy (non-hydrogen) atoms. The molecule has 0 unspecified atom stereocenters. The summed E-state index contributed by atoms with van der Waals surface area (Å²) in [5, 5.41) is 9.70. The zero-order valence-corrected chi connectivity index (χ0v) is 11.7. The van der Waals surface area contributed by atoms with Crippen LogP contribution in [0.4, 0.5) is 0 Å². The molecule has 0 atom stereocenters. The van der Waals surface area contributed by atoms with E-state index in [1.807, 2.05) is 0 Å². The van der Waals surface area contributed by atoms with Crippen LogP contribution >= 0.6 is 0 Å². The first-order chi connectivity index (χ1) is 8.83. The fourth-order valence-electron chi connectivity index (χ4n) is 1.72. The van der Waals surface area contributed by atoms with Crippen LogP contribution in [0.3, 0.4) is 0 Å². The van der Waals surface area contributed by atoms with E-state index in [-0.39, 0.29) is 12.5 Å². The summed E-state index contributed by atoms with van der Waals surface area (Å²) >= 11 is 0. The second-order valence-electron chi connectivity index (χ2n) is 5.10. The van der Waals surface area contributed by atoms with E-state index in [1.54, 1.807) is 51.2 Å². The lowest BCUT2D eigenvalue weighted by atomic mass is 10.1. The van der Waals surface area contributed by atoms with Crippen LogP contribution in [0.2, 0.25) is 0 Å². The zero-order chi connectivity index (χ0) is 14.5. The van der Waals surface area contributed by atoms with Crippen LogP contribution in [0.15, 0.2) is 36.9 Å². The van der Waals surface area contributed by atoms with Crippen LogP contribution in [0, 0.1) is 0 Å². The van der Waals surface area contributed by atoms with Gasteiger partial charge in [0.05, 0.1) is 5.60 Å². The SMILES string of the molecule is C=CCOc1ccc(C(=O)N(C)CC(C)(C)O)cc1. The molecular formula is C15H21NO3. The molecular weight excluding hydrogens is 242 g/mol. The Balaban J connectivity index is 2.69. The first kappa shape index (κ1) is 15.2. The number of nitrogens with zero attached hydrogens (tertiary/aromatic N) is 1. The van der Waals surface area contributed by atoms with E-state index >= 15 is 0 Å². The zero-order valence-electron chi connectivity index (χ0n) is 11.7. The van der Waals surface area contributed by atoms with Crippen LogP contribution in [-0.2, 0) is 0 Å². The molecule has 0 saturated carbocycles. The summed E-state index contributed by atoms with van der Waals surface area (Å²) in [5.41, 5.74) is -0.338. The Labute approximate surface area is 114 Å². The molecule has 0 saturated heterocycles. The molecule has 0 aliphatic heterocycles. The van der Waals surface area contributed by atoms with Gasteiger partial charge in [0.2, 0.25) is 0 Å². The number of rotatable bonds is 6. The van der Waals surface area contributed by atoms with E-state index in [9.17, 15) is 9.90 Å². The molecule has 104 valence electrons. The topological polar surface area (TPSA) is 49.8 Å². The highest BCUT2D eigenvalue weighted by molar-refractivity contribution is 5.94. The van der Waals surface area contributed by atoms with Crippen molar-refractivity contribution >= 4 is 5.91 Å².